The summed E-state index contributed by atoms with van der Waals surface area (Å²) in [5.74, 6) is -1.60. The molecule has 3 aliphatic rings. The number of rotatable bonds is 11. The minimum absolute atomic E-state index is 0.0502. The number of hydrogen-bond donors (Lipinski definition) is 2. The number of aliphatic hydroxyl groups excluding tert-OH is 1. The number of hydrogen-bond acceptors (Lipinski definition) is 8. The van der Waals surface area contributed by atoms with E-state index in [2.05, 4.69) is 0 Å². The van der Waals surface area contributed by atoms with Crippen LogP contribution < -0.4 is 9.80 Å². The fourth-order valence-electron chi connectivity index (χ4n) is 7.88. The van der Waals surface area contributed by atoms with E-state index >= 15 is 0 Å². The number of fused-ring (bicyclic) bond motifs is 2. The van der Waals surface area contributed by atoms with Gasteiger partial charge in [-0.2, -0.15) is 0 Å². The number of esters is 1. The van der Waals surface area contributed by atoms with Gasteiger partial charge in [-0.1, -0.05) is 67.6 Å². The second kappa shape index (κ2) is 13.5. The number of β-lactam (4-membered cyclic amide) rings is 1. The molecule has 3 amide bonds. The van der Waals surface area contributed by atoms with E-state index in [1.165, 1.54) is 11.8 Å². The van der Waals surface area contributed by atoms with Crippen molar-refractivity contribution in [1.82, 2.24) is 4.90 Å². The second-order valence-electron chi connectivity index (χ2n) is 13.7. The average molecular weight is 686 g/mol. The number of anilines is 2. The molecule has 2 N–H and O–H groups in total. The van der Waals surface area contributed by atoms with Crippen LogP contribution in [-0.2, 0) is 47.3 Å². The summed E-state index contributed by atoms with van der Waals surface area (Å²) >= 11 is 0. The van der Waals surface area contributed by atoms with E-state index in [9.17, 15) is 29.1 Å². The average Bonchev–Trinajstić information content (AvgIpc) is 3.47. The maximum Gasteiger partial charge on any atom is 0.304 e. The predicted octanol–water partition coefficient (Wildman–Crippen LogP) is 4.07. The van der Waals surface area contributed by atoms with Gasteiger partial charge < -0.3 is 29.2 Å². The highest BCUT2D eigenvalue weighted by molar-refractivity contribution is 6.71. The van der Waals surface area contributed by atoms with Crippen LogP contribution >= 0.6 is 0 Å². The molecule has 0 aliphatic carbocycles. The Morgan fingerprint density at radius 1 is 1.02 bits per heavy atom. The fourth-order valence-corrected chi connectivity index (χ4v) is 10.4. The summed E-state index contributed by atoms with van der Waals surface area (Å²) in [6.45, 7) is 7.30. The Labute approximate surface area is 287 Å². The van der Waals surface area contributed by atoms with E-state index in [4.69, 9.17) is 9.47 Å². The topological polar surface area (TPSA) is 137 Å². The molecule has 3 heterocycles. The first kappa shape index (κ1) is 34.5. The monoisotopic (exact) mass is 685 g/mol. The first-order valence-corrected chi connectivity index (χ1v) is 19.7. The number of aliphatic hydroxyl groups is 1. The smallest absolute Gasteiger partial charge is 0.304 e. The number of para-hydroxylation sites is 1. The molecule has 3 aromatic carbocycles. The Bertz CT molecular complexity index is 1750. The maximum absolute atomic E-state index is 14.8. The number of carbonyl (C=O) groups excluding carboxylic acids is 4. The van der Waals surface area contributed by atoms with Gasteiger partial charge >= 0.3 is 5.97 Å². The van der Waals surface area contributed by atoms with Crippen LogP contribution in [0.3, 0.4) is 0 Å². The lowest BCUT2D eigenvalue weighted by atomic mass is 9.82. The molecular weight excluding hydrogens is 643 g/mol. The van der Waals surface area contributed by atoms with Crippen molar-refractivity contribution in [3.63, 3.8) is 0 Å². The number of benzene rings is 3. The van der Waals surface area contributed by atoms with Gasteiger partial charge in [0.05, 0.1) is 37.8 Å². The van der Waals surface area contributed by atoms with Gasteiger partial charge in [0.2, 0.25) is 11.8 Å². The summed E-state index contributed by atoms with van der Waals surface area (Å²) < 4.78 is 12.1. The van der Waals surface area contributed by atoms with Gasteiger partial charge in [-0.05, 0) is 42.4 Å². The van der Waals surface area contributed by atoms with Crippen molar-refractivity contribution in [3.05, 3.63) is 95.6 Å². The summed E-state index contributed by atoms with van der Waals surface area (Å²) in [6, 6.07) is 24.2. The van der Waals surface area contributed by atoms with Crippen LogP contribution in [0.5, 0.6) is 0 Å². The summed E-state index contributed by atoms with van der Waals surface area (Å²) in [5, 5.41) is 9.79. The minimum Gasteiger partial charge on any atom is -0.441 e. The van der Waals surface area contributed by atoms with Crippen LogP contribution in [0.4, 0.5) is 11.4 Å². The lowest BCUT2D eigenvalue weighted by Gasteiger charge is -2.39. The summed E-state index contributed by atoms with van der Waals surface area (Å²) in [6.07, 6.45) is -1.35. The third-order valence-electron chi connectivity index (χ3n) is 9.94. The number of nitrogens with zero attached hydrogens (tertiary/aromatic N) is 3. The maximum atomic E-state index is 14.8. The van der Waals surface area contributed by atoms with Crippen LogP contribution in [0, 0.1) is 5.92 Å². The van der Waals surface area contributed by atoms with Crippen LogP contribution in [0.1, 0.15) is 43.4 Å². The highest BCUT2D eigenvalue weighted by Gasteiger charge is 2.66. The Kier molecular flexibility index (Phi) is 9.51. The molecule has 258 valence electrons. The molecule has 5 atom stereocenters. The molecule has 1 unspecified atom stereocenters. The van der Waals surface area contributed by atoms with Gasteiger partial charge in [0.15, 0.2) is 20.1 Å². The van der Waals surface area contributed by atoms with Crippen LogP contribution in [-0.4, -0.2) is 72.3 Å². The highest BCUT2D eigenvalue weighted by atomic mass is 28.4. The molecule has 2 saturated heterocycles. The van der Waals surface area contributed by atoms with Crippen molar-refractivity contribution in [1.29, 1.82) is 0 Å². The van der Waals surface area contributed by atoms with E-state index in [1.807, 2.05) is 86.7 Å². The third-order valence-corrected chi connectivity index (χ3v) is 12.4. The van der Waals surface area contributed by atoms with Crippen molar-refractivity contribution in [2.75, 3.05) is 23.0 Å². The van der Waals surface area contributed by atoms with E-state index in [0.29, 0.717) is 23.5 Å². The standard InChI is InChI=1S/C37H43N3O8Si/c1-24-35(49(3,4)46)31(20-32(43)38(17-18-41)22-26-11-6-5-7-12-26)48-37(24)29-15-8-9-16-30(29)39(36(37)45)23-27-13-10-14-28(19-27)40-33(44)21-34(40)47-25(2)42/h5-16,19,24,31,34-35,41,46H,17-18,20-23H2,1-4H3/t24-,31+,34?,35-,37+/m0/s1. The Hall–Kier alpha value is -4.36. The normalized spacial score (nSPS) is 24.6. The molecule has 0 radical (unpaired) electrons. The lowest BCUT2D eigenvalue weighted by molar-refractivity contribution is -0.154. The third kappa shape index (κ3) is 6.41. The highest BCUT2D eigenvalue weighted by Crippen LogP contribution is 2.59. The number of carbonyl (C=O) groups is 4. The molecule has 3 aliphatic heterocycles. The lowest BCUT2D eigenvalue weighted by Crippen LogP contribution is -2.54. The molecule has 0 saturated carbocycles. The van der Waals surface area contributed by atoms with Gasteiger partial charge in [-0.15, -0.1) is 0 Å². The number of ether oxygens (including phenoxy) is 2. The molecule has 3 aromatic rings. The fraction of sp³-hybridized carbons (Fsp3) is 0.405. The summed E-state index contributed by atoms with van der Waals surface area (Å²) in [4.78, 5) is 69.0. The molecule has 2 fully saturated rings. The zero-order valence-electron chi connectivity index (χ0n) is 28.2. The van der Waals surface area contributed by atoms with Crippen molar-refractivity contribution in [2.45, 2.75) is 76.3 Å². The van der Waals surface area contributed by atoms with E-state index < -0.39 is 43.7 Å². The van der Waals surface area contributed by atoms with E-state index in [0.717, 1.165) is 11.1 Å². The van der Waals surface area contributed by atoms with Crippen molar-refractivity contribution in [3.8, 4) is 0 Å². The summed E-state index contributed by atoms with van der Waals surface area (Å²) in [7, 11) is -3.02. The van der Waals surface area contributed by atoms with E-state index in [-0.39, 0.29) is 50.3 Å². The van der Waals surface area contributed by atoms with Crippen LogP contribution in [0.2, 0.25) is 18.6 Å². The quantitative estimate of drug-likeness (QED) is 0.175. The zero-order valence-corrected chi connectivity index (χ0v) is 29.2. The van der Waals surface area contributed by atoms with Gasteiger partial charge in [-0.3, -0.25) is 24.1 Å². The largest absolute Gasteiger partial charge is 0.441 e. The van der Waals surface area contributed by atoms with E-state index in [1.54, 1.807) is 21.9 Å². The van der Waals surface area contributed by atoms with Gasteiger partial charge in [0, 0.05) is 42.7 Å². The van der Waals surface area contributed by atoms with Gasteiger partial charge in [-0.25, -0.2) is 0 Å². The molecule has 0 aromatic heterocycles. The van der Waals surface area contributed by atoms with Gasteiger partial charge in [0.1, 0.15) is 0 Å². The molecule has 11 nitrogen and oxygen atoms in total. The Morgan fingerprint density at radius 2 is 1.71 bits per heavy atom. The first-order valence-electron chi connectivity index (χ1n) is 16.7. The molecule has 0 bridgehead atoms. The second-order valence-corrected chi connectivity index (χ2v) is 17.7. The molecule has 49 heavy (non-hydrogen) atoms. The van der Waals surface area contributed by atoms with Crippen LogP contribution in [0.25, 0.3) is 0 Å². The summed E-state index contributed by atoms with van der Waals surface area (Å²) in [5.41, 5.74) is 1.74. The SMILES string of the molecule is CC(=O)OC1CC(=O)N1c1cccc(CN2C(=O)[C@]3(O[C@H](CC(=O)N(CCO)Cc4ccccc4)[C@@H]([Si](C)(C)O)[C@@H]3C)c3ccccc32)c1. The molecule has 6 rings (SSSR count). The van der Waals surface area contributed by atoms with Crippen molar-refractivity contribution in [2.24, 2.45) is 5.92 Å². The molecule has 12 heteroatoms. The van der Waals surface area contributed by atoms with Gasteiger partial charge in [0.25, 0.3) is 5.91 Å². The predicted molar refractivity (Wildman–Crippen MR) is 184 cm³/mol. The number of amides is 3. The Morgan fingerprint density at radius 3 is 2.39 bits per heavy atom. The zero-order chi connectivity index (χ0) is 35.1. The Balaban J connectivity index is 1.29. The minimum atomic E-state index is -3.02. The van der Waals surface area contributed by atoms with Crippen molar-refractivity contribution < 1.29 is 38.6 Å². The van der Waals surface area contributed by atoms with Crippen molar-refractivity contribution >= 4 is 43.4 Å². The first-order chi connectivity index (χ1) is 23.3. The molecular formula is C37H43N3O8Si. The molecule has 1 spiro atoms. The van der Waals surface area contributed by atoms with Crippen LogP contribution in [0.15, 0.2) is 78.9 Å².